The number of amides is 3. The van der Waals surface area contributed by atoms with Crippen LogP contribution in [0.15, 0.2) is 30.3 Å². The van der Waals surface area contributed by atoms with Crippen molar-refractivity contribution in [1.82, 2.24) is 15.1 Å². The highest BCUT2D eigenvalue weighted by molar-refractivity contribution is 5.78. The van der Waals surface area contributed by atoms with E-state index in [-0.39, 0.29) is 30.9 Å². The van der Waals surface area contributed by atoms with Crippen LogP contribution in [0.1, 0.15) is 24.8 Å². The molecule has 6 nitrogen and oxygen atoms in total. The number of urea groups is 1. The van der Waals surface area contributed by atoms with E-state index in [1.54, 1.807) is 16.8 Å². The number of nitrogens with zero attached hydrogens (tertiary/aromatic N) is 2. The van der Waals surface area contributed by atoms with Gasteiger partial charge in [-0.15, -0.1) is 0 Å². The van der Waals surface area contributed by atoms with Crippen molar-refractivity contribution in [1.29, 1.82) is 0 Å². The molecule has 24 heavy (non-hydrogen) atoms. The molecule has 6 heteroatoms. The molecular formula is C18H27N3O3. The SMILES string of the molecule is CN(Cc1ccccc1)C(=O)CCNC(=O)N1CCC[C@@H](CO)C1. The Morgan fingerprint density at radius 3 is 2.79 bits per heavy atom. The van der Waals surface area contributed by atoms with Gasteiger partial charge in [0.25, 0.3) is 0 Å². The van der Waals surface area contributed by atoms with Gasteiger partial charge >= 0.3 is 6.03 Å². The lowest BCUT2D eigenvalue weighted by Crippen LogP contribution is -2.46. The number of hydrogen-bond donors (Lipinski definition) is 2. The molecule has 1 aromatic carbocycles. The summed E-state index contributed by atoms with van der Waals surface area (Å²) in [6.07, 6.45) is 2.16. The molecule has 0 aromatic heterocycles. The first-order valence-corrected chi connectivity index (χ1v) is 8.51. The Labute approximate surface area is 143 Å². The van der Waals surface area contributed by atoms with Crippen LogP contribution in [0.5, 0.6) is 0 Å². The fraction of sp³-hybridized carbons (Fsp3) is 0.556. The summed E-state index contributed by atoms with van der Waals surface area (Å²) >= 11 is 0. The van der Waals surface area contributed by atoms with Crippen molar-refractivity contribution in [2.45, 2.75) is 25.8 Å². The van der Waals surface area contributed by atoms with E-state index in [1.807, 2.05) is 30.3 Å². The molecule has 0 spiro atoms. The van der Waals surface area contributed by atoms with Crippen molar-refractivity contribution in [3.8, 4) is 0 Å². The molecule has 1 aliphatic rings. The van der Waals surface area contributed by atoms with E-state index in [1.165, 1.54) is 0 Å². The molecule has 0 aliphatic carbocycles. The Morgan fingerprint density at radius 1 is 1.33 bits per heavy atom. The Kier molecular flexibility index (Phi) is 7.06. The van der Waals surface area contributed by atoms with Gasteiger partial charge in [0.1, 0.15) is 0 Å². The molecule has 1 fully saturated rings. The van der Waals surface area contributed by atoms with Crippen LogP contribution >= 0.6 is 0 Å². The summed E-state index contributed by atoms with van der Waals surface area (Å²) in [4.78, 5) is 27.6. The second-order valence-electron chi connectivity index (χ2n) is 6.35. The van der Waals surface area contributed by atoms with Crippen molar-refractivity contribution in [2.75, 3.05) is 33.3 Å². The summed E-state index contributed by atoms with van der Waals surface area (Å²) in [5.41, 5.74) is 1.08. The molecular weight excluding hydrogens is 306 g/mol. The average Bonchev–Trinajstić information content (AvgIpc) is 2.62. The highest BCUT2D eigenvalue weighted by Gasteiger charge is 2.23. The maximum Gasteiger partial charge on any atom is 0.317 e. The van der Waals surface area contributed by atoms with Gasteiger partial charge in [0, 0.05) is 46.3 Å². The van der Waals surface area contributed by atoms with Gasteiger partial charge < -0.3 is 20.2 Å². The highest BCUT2D eigenvalue weighted by Crippen LogP contribution is 2.15. The number of aliphatic hydroxyl groups is 1. The first-order chi connectivity index (χ1) is 11.6. The van der Waals surface area contributed by atoms with Crippen molar-refractivity contribution < 1.29 is 14.7 Å². The maximum absolute atomic E-state index is 12.1. The van der Waals surface area contributed by atoms with E-state index < -0.39 is 0 Å². The number of likely N-dealkylation sites (tertiary alicyclic amines) is 1. The molecule has 0 radical (unpaired) electrons. The Morgan fingerprint density at radius 2 is 2.08 bits per heavy atom. The van der Waals surface area contributed by atoms with Gasteiger partial charge in [0.2, 0.25) is 5.91 Å². The van der Waals surface area contributed by atoms with Gasteiger partial charge in [-0.05, 0) is 24.3 Å². The van der Waals surface area contributed by atoms with Crippen LogP contribution in [-0.4, -0.2) is 60.1 Å². The summed E-state index contributed by atoms with van der Waals surface area (Å²) in [6, 6.07) is 9.67. The molecule has 3 amide bonds. The highest BCUT2D eigenvalue weighted by atomic mass is 16.3. The topological polar surface area (TPSA) is 72.9 Å². The summed E-state index contributed by atoms with van der Waals surface area (Å²) in [7, 11) is 1.77. The monoisotopic (exact) mass is 333 g/mol. The third-order valence-electron chi connectivity index (χ3n) is 4.37. The third kappa shape index (κ3) is 5.53. The molecule has 132 valence electrons. The Balaban J connectivity index is 1.69. The average molecular weight is 333 g/mol. The van der Waals surface area contributed by atoms with Gasteiger partial charge in [-0.3, -0.25) is 4.79 Å². The summed E-state index contributed by atoms with van der Waals surface area (Å²) in [5.74, 6) is 0.175. The quantitative estimate of drug-likeness (QED) is 0.827. The standard InChI is InChI=1S/C18H27N3O3/c1-20(12-15-6-3-2-4-7-15)17(23)9-10-19-18(24)21-11-5-8-16(13-21)14-22/h2-4,6-7,16,22H,5,8-14H2,1H3,(H,19,24)/t16-/m1/s1. The smallest absolute Gasteiger partial charge is 0.317 e. The van der Waals surface area contributed by atoms with E-state index in [2.05, 4.69) is 5.32 Å². The van der Waals surface area contributed by atoms with Crippen LogP contribution in [0, 0.1) is 5.92 Å². The lowest BCUT2D eigenvalue weighted by molar-refractivity contribution is -0.130. The minimum atomic E-state index is -0.147. The second-order valence-corrected chi connectivity index (χ2v) is 6.35. The fourth-order valence-corrected chi connectivity index (χ4v) is 2.92. The van der Waals surface area contributed by atoms with Gasteiger partial charge in [0.15, 0.2) is 0 Å². The van der Waals surface area contributed by atoms with E-state index >= 15 is 0 Å². The number of rotatable bonds is 6. The largest absolute Gasteiger partial charge is 0.396 e. The molecule has 1 saturated heterocycles. The van der Waals surface area contributed by atoms with Crippen LogP contribution in [-0.2, 0) is 11.3 Å². The van der Waals surface area contributed by atoms with E-state index in [0.29, 0.717) is 26.2 Å². The maximum atomic E-state index is 12.1. The minimum Gasteiger partial charge on any atom is -0.396 e. The van der Waals surface area contributed by atoms with Crippen molar-refractivity contribution in [2.24, 2.45) is 5.92 Å². The molecule has 1 aromatic rings. The van der Waals surface area contributed by atoms with Gasteiger partial charge in [-0.25, -0.2) is 4.79 Å². The van der Waals surface area contributed by atoms with Gasteiger partial charge in [-0.2, -0.15) is 0 Å². The molecule has 0 saturated carbocycles. The number of nitrogens with one attached hydrogen (secondary N) is 1. The van der Waals surface area contributed by atoms with Gasteiger partial charge in [0.05, 0.1) is 0 Å². The van der Waals surface area contributed by atoms with Crippen LogP contribution in [0.4, 0.5) is 4.79 Å². The number of carbonyl (C=O) groups is 2. The third-order valence-corrected chi connectivity index (χ3v) is 4.37. The predicted molar refractivity (Wildman–Crippen MR) is 92.3 cm³/mol. The van der Waals surface area contributed by atoms with Crippen molar-refractivity contribution in [3.63, 3.8) is 0 Å². The summed E-state index contributed by atoms with van der Waals surface area (Å²) < 4.78 is 0. The van der Waals surface area contributed by atoms with Crippen LogP contribution < -0.4 is 5.32 Å². The number of benzene rings is 1. The molecule has 2 rings (SSSR count). The first-order valence-electron chi connectivity index (χ1n) is 8.51. The van der Waals surface area contributed by atoms with E-state index in [0.717, 1.165) is 18.4 Å². The van der Waals surface area contributed by atoms with E-state index in [4.69, 9.17) is 0 Å². The normalized spacial score (nSPS) is 17.4. The zero-order valence-electron chi connectivity index (χ0n) is 14.3. The predicted octanol–water partition coefficient (Wildman–Crippen LogP) is 1.45. The van der Waals surface area contributed by atoms with Crippen molar-refractivity contribution in [3.05, 3.63) is 35.9 Å². The number of hydrogen-bond acceptors (Lipinski definition) is 3. The zero-order valence-corrected chi connectivity index (χ0v) is 14.3. The minimum absolute atomic E-state index is 0.00559. The molecule has 0 bridgehead atoms. The van der Waals surface area contributed by atoms with Crippen LogP contribution in [0.25, 0.3) is 0 Å². The molecule has 1 atom stereocenters. The van der Waals surface area contributed by atoms with Gasteiger partial charge in [-0.1, -0.05) is 30.3 Å². The summed E-state index contributed by atoms with van der Waals surface area (Å²) in [6.45, 7) is 2.32. The number of aliphatic hydroxyl groups excluding tert-OH is 1. The molecule has 2 N–H and O–H groups in total. The molecule has 1 aliphatic heterocycles. The van der Waals surface area contributed by atoms with E-state index in [9.17, 15) is 14.7 Å². The van der Waals surface area contributed by atoms with Crippen molar-refractivity contribution >= 4 is 11.9 Å². The lowest BCUT2D eigenvalue weighted by Gasteiger charge is -2.31. The Bertz CT molecular complexity index is 536. The first kappa shape index (κ1) is 18.3. The number of piperidine rings is 1. The molecule has 0 unspecified atom stereocenters. The zero-order chi connectivity index (χ0) is 17.4. The van der Waals surface area contributed by atoms with Crippen LogP contribution in [0.3, 0.4) is 0 Å². The van der Waals surface area contributed by atoms with Crippen LogP contribution in [0.2, 0.25) is 0 Å². The molecule has 1 heterocycles. The summed E-state index contributed by atoms with van der Waals surface area (Å²) in [5, 5.41) is 12.0. The number of carbonyl (C=O) groups excluding carboxylic acids is 2. The second kappa shape index (κ2) is 9.27. The lowest BCUT2D eigenvalue weighted by atomic mass is 9.99. The fourth-order valence-electron chi connectivity index (χ4n) is 2.92. The Hall–Kier alpha value is -2.08.